The van der Waals surface area contributed by atoms with Crippen LogP contribution in [0.25, 0.3) is 11.4 Å². The molecule has 4 rings (SSSR count). The molecule has 1 aliphatic heterocycles. The van der Waals surface area contributed by atoms with E-state index < -0.39 is 0 Å². The van der Waals surface area contributed by atoms with Gasteiger partial charge in [0, 0.05) is 54.1 Å². The summed E-state index contributed by atoms with van der Waals surface area (Å²) in [5.41, 5.74) is 2.52. The standard InChI is InChI=1S/C22H22ClN5O2S/c1-27-21(15-4-6-16(23)7-5-15)25-26-22(27)31-14-12-19(29)24-17-8-10-18(11-9-17)28-13-2-3-20(28)30/h4-11H,2-3,12-14H2,1H3,(H,24,29). The lowest BCUT2D eigenvalue weighted by Gasteiger charge is -2.16. The van der Waals surface area contributed by atoms with Crippen molar-refractivity contribution < 1.29 is 9.59 Å². The zero-order chi connectivity index (χ0) is 21.8. The lowest BCUT2D eigenvalue weighted by atomic mass is 10.2. The predicted molar refractivity (Wildman–Crippen MR) is 123 cm³/mol. The minimum atomic E-state index is -0.0717. The van der Waals surface area contributed by atoms with E-state index in [9.17, 15) is 9.59 Å². The Balaban J connectivity index is 1.28. The van der Waals surface area contributed by atoms with Gasteiger partial charge in [-0.05, 0) is 55.0 Å². The first-order chi connectivity index (χ1) is 15.0. The summed E-state index contributed by atoms with van der Waals surface area (Å²) in [6.07, 6.45) is 1.84. The van der Waals surface area contributed by atoms with E-state index in [1.54, 1.807) is 4.90 Å². The molecular formula is C22H22ClN5O2S. The molecule has 2 amide bonds. The summed E-state index contributed by atoms with van der Waals surface area (Å²) in [6.45, 7) is 0.754. The molecule has 1 saturated heterocycles. The number of halogens is 1. The van der Waals surface area contributed by atoms with Crippen LogP contribution in [-0.2, 0) is 16.6 Å². The number of rotatable bonds is 7. The van der Waals surface area contributed by atoms with Crippen molar-refractivity contribution >= 4 is 46.6 Å². The van der Waals surface area contributed by atoms with Crippen LogP contribution in [0.1, 0.15) is 19.3 Å². The van der Waals surface area contributed by atoms with Gasteiger partial charge in [-0.3, -0.25) is 9.59 Å². The van der Waals surface area contributed by atoms with Gasteiger partial charge in [-0.1, -0.05) is 23.4 Å². The molecule has 0 saturated carbocycles. The fraction of sp³-hybridized carbons (Fsp3) is 0.273. The van der Waals surface area contributed by atoms with E-state index in [2.05, 4.69) is 15.5 Å². The summed E-state index contributed by atoms with van der Waals surface area (Å²) in [6, 6.07) is 14.8. The zero-order valence-electron chi connectivity index (χ0n) is 17.0. The van der Waals surface area contributed by atoms with Gasteiger partial charge in [0.05, 0.1) is 0 Å². The highest BCUT2D eigenvalue weighted by atomic mass is 35.5. The number of thioether (sulfide) groups is 1. The van der Waals surface area contributed by atoms with Gasteiger partial charge in [-0.2, -0.15) is 0 Å². The van der Waals surface area contributed by atoms with Crippen molar-refractivity contribution in [3.8, 4) is 11.4 Å². The smallest absolute Gasteiger partial charge is 0.227 e. The van der Waals surface area contributed by atoms with E-state index in [0.29, 0.717) is 29.3 Å². The molecule has 1 aromatic heterocycles. The molecule has 0 bridgehead atoms. The molecule has 1 aliphatic rings. The molecule has 3 aromatic rings. The van der Waals surface area contributed by atoms with Crippen molar-refractivity contribution in [3.05, 3.63) is 53.6 Å². The molecular weight excluding hydrogens is 434 g/mol. The second-order valence-electron chi connectivity index (χ2n) is 7.21. The van der Waals surface area contributed by atoms with Crippen molar-refractivity contribution in [3.63, 3.8) is 0 Å². The zero-order valence-corrected chi connectivity index (χ0v) is 18.6. The first-order valence-corrected chi connectivity index (χ1v) is 11.4. The Morgan fingerprint density at radius 1 is 1.13 bits per heavy atom. The number of hydrogen-bond donors (Lipinski definition) is 1. The molecule has 0 aliphatic carbocycles. The van der Waals surface area contributed by atoms with Crippen LogP contribution in [-0.4, -0.2) is 38.9 Å². The summed E-state index contributed by atoms with van der Waals surface area (Å²) in [7, 11) is 1.90. The number of nitrogens with one attached hydrogen (secondary N) is 1. The fourth-order valence-corrected chi connectivity index (χ4v) is 4.37. The number of nitrogens with zero attached hydrogens (tertiary/aromatic N) is 4. The molecule has 7 nitrogen and oxygen atoms in total. The Kier molecular flexibility index (Phi) is 6.58. The number of carbonyl (C=O) groups is 2. The third-order valence-corrected chi connectivity index (χ3v) is 6.31. The van der Waals surface area contributed by atoms with Crippen LogP contribution >= 0.6 is 23.4 Å². The number of benzene rings is 2. The second kappa shape index (κ2) is 9.53. The van der Waals surface area contributed by atoms with Gasteiger partial charge in [0.25, 0.3) is 0 Å². The Labute approximate surface area is 189 Å². The lowest BCUT2D eigenvalue weighted by Crippen LogP contribution is -2.23. The molecule has 9 heteroatoms. The van der Waals surface area contributed by atoms with E-state index in [-0.39, 0.29) is 11.8 Å². The first kappa shape index (κ1) is 21.4. The predicted octanol–water partition coefficient (Wildman–Crippen LogP) is 4.38. The minimum Gasteiger partial charge on any atom is -0.326 e. The highest BCUT2D eigenvalue weighted by Crippen LogP contribution is 2.25. The molecule has 0 atom stereocenters. The number of aromatic nitrogens is 3. The number of amides is 2. The molecule has 1 fully saturated rings. The molecule has 160 valence electrons. The Morgan fingerprint density at radius 2 is 1.87 bits per heavy atom. The topological polar surface area (TPSA) is 80.1 Å². The molecule has 1 N–H and O–H groups in total. The van der Waals surface area contributed by atoms with Gasteiger partial charge in [-0.25, -0.2) is 0 Å². The van der Waals surface area contributed by atoms with Crippen molar-refractivity contribution in [1.82, 2.24) is 14.8 Å². The largest absolute Gasteiger partial charge is 0.326 e. The molecule has 2 heterocycles. The highest BCUT2D eigenvalue weighted by Gasteiger charge is 2.21. The van der Waals surface area contributed by atoms with Crippen LogP contribution in [0.3, 0.4) is 0 Å². The lowest BCUT2D eigenvalue weighted by molar-refractivity contribution is -0.117. The molecule has 2 aromatic carbocycles. The van der Waals surface area contributed by atoms with Crippen LogP contribution in [0.4, 0.5) is 11.4 Å². The Bertz CT molecular complexity index is 1080. The van der Waals surface area contributed by atoms with Crippen LogP contribution in [0.2, 0.25) is 5.02 Å². The van der Waals surface area contributed by atoms with Gasteiger partial charge in [0.1, 0.15) is 0 Å². The third kappa shape index (κ3) is 5.08. The van der Waals surface area contributed by atoms with Crippen molar-refractivity contribution in [1.29, 1.82) is 0 Å². The first-order valence-electron chi connectivity index (χ1n) is 9.99. The van der Waals surface area contributed by atoms with Gasteiger partial charge >= 0.3 is 0 Å². The maximum atomic E-state index is 12.3. The maximum absolute atomic E-state index is 12.3. The van der Waals surface area contributed by atoms with E-state index in [4.69, 9.17) is 11.6 Å². The van der Waals surface area contributed by atoms with E-state index >= 15 is 0 Å². The summed E-state index contributed by atoms with van der Waals surface area (Å²) >= 11 is 7.43. The van der Waals surface area contributed by atoms with E-state index in [1.165, 1.54) is 11.8 Å². The van der Waals surface area contributed by atoms with Crippen molar-refractivity contribution in [2.75, 3.05) is 22.5 Å². The maximum Gasteiger partial charge on any atom is 0.227 e. The van der Waals surface area contributed by atoms with Crippen molar-refractivity contribution in [2.24, 2.45) is 7.05 Å². The molecule has 31 heavy (non-hydrogen) atoms. The van der Waals surface area contributed by atoms with E-state index in [1.807, 2.05) is 60.1 Å². The average molecular weight is 456 g/mol. The van der Waals surface area contributed by atoms with Crippen molar-refractivity contribution in [2.45, 2.75) is 24.4 Å². The number of hydrogen-bond acceptors (Lipinski definition) is 5. The molecule has 0 spiro atoms. The average Bonchev–Trinajstić information content (AvgIpc) is 3.35. The van der Waals surface area contributed by atoms with Gasteiger partial charge < -0.3 is 14.8 Å². The molecule has 0 radical (unpaired) electrons. The van der Waals surface area contributed by atoms with Crippen LogP contribution in [0.5, 0.6) is 0 Å². The summed E-state index contributed by atoms with van der Waals surface area (Å²) in [4.78, 5) is 25.9. The highest BCUT2D eigenvalue weighted by molar-refractivity contribution is 7.99. The fourth-order valence-electron chi connectivity index (χ4n) is 3.40. The second-order valence-corrected chi connectivity index (χ2v) is 8.71. The quantitative estimate of drug-likeness (QED) is 0.534. The van der Waals surface area contributed by atoms with Gasteiger partial charge in [0.15, 0.2) is 11.0 Å². The van der Waals surface area contributed by atoms with Gasteiger partial charge in [0.2, 0.25) is 11.8 Å². The normalized spacial score (nSPS) is 13.6. The Morgan fingerprint density at radius 3 is 2.55 bits per heavy atom. The monoisotopic (exact) mass is 455 g/mol. The molecule has 0 unspecified atom stereocenters. The Hall–Kier alpha value is -2.84. The van der Waals surface area contributed by atoms with Crippen LogP contribution < -0.4 is 10.2 Å². The van der Waals surface area contributed by atoms with Gasteiger partial charge in [-0.15, -0.1) is 10.2 Å². The summed E-state index contributed by atoms with van der Waals surface area (Å²) in [5, 5.41) is 12.8. The van der Waals surface area contributed by atoms with Crippen LogP contribution in [0.15, 0.2) is 53.7 Å². The van der Waals surface area contributed by atoms with E-state index in [0.717, 1.165) is 35.2 Å². The third-order valence-electron chi connectivity index (χ3n) is 5.03. The summed E-state index contributed by atoms with van der Waals surface area (Å²) < 4.78 is 1.91. The SMILES string of the molecule is Cn1c(SCCC(=O)Nc2ccc(N3CCCC3=O)cc2)nnc1-c1ccc(Cl)cc1. The summed E-state index contributed by atoms with van der Waals surface area (Å²) in [5.74, 6) is 1.41. The minimum absolute atomic E-state index is 0.0717. The number of carbonyl (C=O) groups excluding carboxylic acids is 2. The number of anilines is 2. The van der Waals surface area contributed by atoms with Crippen LogP contribution in [0, 0.1) is 0 Å².